The minimum atomic E-state index is -2.97. The molecule has 41 heteroatoms. The van der Waals surface area contributed by atoms with Crippen LogP contribution in [0.15, 0.2) is 160 Å². The number of aromatic nitrogens is 9. The molecule has 11 aliphatic rings. The molecule has 1 atom stereocenters. The summed E-state index contributed by atoms with van der Waals surface area (Å²) < 4.78 is 173. The molecular weight excluding hydrogens is 2130 g/mol. The zero-order valence-corrected chi connectivity index (χ0v) is 85.5. The average molecular weight is 2240 g/mol. The number of morpholine rings is 2. The first-order chi connectivity index (χ1) is 69.4. The minimum absolute atomic E-state index is 0.0785. The van der Waals surface area contributed by atoms with Crippen LogP contribution in [0.3, 0.4) is 0 Å². The SMILES string of the molecule is Brc1cnc2c(c1)C1(CC2)SCCS1.CC(=O)c1cnc2c(c1)C(F)(F)CC2.Cc1ccc(NC(=O)c2cnc3c(c2)C(F)(F)CC3)cc1-c1cc(OCCO)nc(N2CCOCC2)c1.Cc1ccc(NC(=O)c2cnc3c(c2)C(F)(F)CC3)cc1-c1cc(OCCOC2CCCCO2)nc(N2CCOCC2)c1.FC1(F)CCc2ncc(Br)cc21.O=C(O)c1cnc2c(c1)C(F)(F)CC2.O=C1CCc2ncc(Br)cc21. The monoisotopic (exact) mass is 2230 g/mol. The number of aryl methyl sites for hydroxylation is 9. The van der Waals surface area contributed by atoms with Crippen molar-refractivity contribution in [2.24, 2.45) is 0 Å². The van der Waals surface area contributed by atoms with E-state index >= 15 is 0 Å². The van der Waals surface area contributed by atoms with Crippen LogP contribution < -0.4 is 29.9 Å². The van der Waals surface area contributed by atoms with Crippen molar-refractivity contribution in [3.05, 3.63) is 272 Å². The van der Waals surface area contributed by atoms with Gasteiger partial charge in [-0.25, -0.2) is 48.7 Å². The number of aliphatic hydroxyl groups excluding tert-OH is 1. The van der Waals surface area contributed by atoms with Crippen molar-refractivity contribution < 1.29 is 107 Å². The van der Waals surface area contributed by atoms with Crippen LogP contribution in [0.2, 0.25) is 0 Å². The predicted molar refractivity (Wildman–Crippen MR) is 537 cm³/mol. The Kier molecular flexibility index (Phi) is 34.3. The first-order valence-corrected chi connectivity index (χ1v) is 51.7. The van der Waals surface area contributed by atoms with E-state index in [0.29, 0.717) is 145 Å². The number of ether oxygens (including phenoxy) is 6. The summed E-state index contributed by atoms with van der Waals surface area (Å²) in [6.45, 7) is 11.9. The number of amides is 2. The van der Waals surface area contributed by atoms with Crippen LogP contribution in [0.1, 0.15) is 207 Å². The van der Waals surface area contributed by atoms with Gasteiger partial charge >= 0.3 is 5.97 Å². The second kappa shape index (κ2) is 46.6. The number of pyridine rings is 9. The molecule has 2 aromatic carbocycles. The number of carbonyl (C=O) groups excluding carboxylic acids is 4. The van der Waals surface area contributed by atoms with Gasteiger partial charge in [0, 0.05) is 242 Å². The largest absolute Gasteiger partial charge is 0.478 e. The quantitative estimate of drug-likeness (QED) is 0.0352. The van der Waals surface area contributed by atoms with Gasteiger partial charge in [0.15, 0.2) is 17.9 Å². The number of Topliss-reactive ketones (excluding diaryl/α,β-unsaturated/α-hetero) is 2. The van der Waals surface area contributed by atoms with Crippen molar-refractivity contribution >= 4 is 124 Å². The topological polar surface area (TPSA) is 328 Å². The third kappa shape index (κ3) is 26.2. The molecule has 13 heterocycles. The van der Waals surface area contributed by atoms with Crippen LogP contribution in [-0.2, 0) is 97.6 Å². The number of carboxylic acid groups (broad SMARTS) is 1. The first kappa shape index (κ1) is 107. The lowest BCUT2D eigenvalue weighted by atomic mass is 10.00. The van der Waals surface area contributed by atoms with E-state index < -0.39 is 47.4 Å². The lowest BCUT2D eigenvalue weighted by molar-refractivity contribution is -0.165. The highest BCUT2D eigenvalue weighted by Crippen LogP contribution is 2.59. The zero-order chi connectivity index (χ0) is 103. The van der Waals surface area contributed by atoms with Crippen molar-refractivity contribution in [3.63, 3.8) is 0 Å². The minimum Gasteiger partial charge on any atom is -0.478 e. The summed E-state index contributed by atoms with van der Waals surface area (Å²) in [5.41, 5.74) is 12.6. The number of carbonyl (C=O) groups is 5. The van der Waals surface area contributed by atoms with Crippen LogP contribution in [-0.4, -0.2) is 188 Å². The van der Waals surface area contributed by atoms with Gasteiger partial charge in [0.25, 0.3) is 41.4 Å². The van der Waals surface area contributed by atoms with Gasteiger partial charge in [-0.2, -0.15) is 9.97 Å². The Morgan fingerprint density at radius 2 is 0.834 bits per heavy atom. The molecular formula is C104H102Br3F10N13O13S2. The maximum Gasteiger partial charge on any atom is 0.337 e. The van der Waals surface area contributed by atoms with E-state index in [0.717, 1.165) is 116 Å². The molecule has 0 saturated carbocycles. The van der Waals surface area contributed by atoms with E-state index in [4.69, 9.17) is 38.5 Å². The number of carboxylic acids is 1. The Bertz CT molecular complexity index is 6570. The van der Waals surface area contributed by atoms with Crippen LogP contribution in [0.5, 0.6) is 11.8 Å². The normalized spacial score (nSPS) is 18.4. The van der Waals surface area contributed by atoms with E-state index in [1.54, 1.807) is 30.6 Å². The molecule has 22 rings (SSSR count). The van der Waals surface area contributed by atoms with E-state index in [1.807, 2.05) is 68.6 Å². The number of hydrogen-bond acceptors (Lipinski definition) is 25. The molecule has 145 heavy (non-hydrogen) atoms. The highest BCUT2D eigenvalue weighted by atomic mass is 79.9. The molecule has 2 amide bonds. The van der Waals surface area contributed by atoms with Gasteiger partial charge in [0.1, 0.15) is 24.8 Å². The van der Waals surface area contributed by atoms with Crippen LogP contribution in [0.4, 0.5) is 66.9 Å². The molecule has 0 radical (unpaired) electrons. The molecule has 1 unspecified atom stereocenters. The van der Waals surface area contributed by atoms with Gasteiger partial charge in [-0.1, -0.05) is 12.1 Å². The van der Waals surface area contributed by atoms with Crippen molar-refractivity contribution in [2.45, 2.75) is 170 Å². The lowest BCUT2D eigenvalue weighted by Crippen LogP contribution is -2.36. The molecule has 7 aliphatic carbocycles. The number of aliphatic hydroxyl groups is 1. The summed E-state index contributed by atoms with van der Waals surface area (Å²) in [6.07, 6.45) is 17.2. The summed E-state index contributed by atoms with van der Waals surface area (Å²) in [5, 5.41) is 23.5. The van der Waals surface area contributed by atoms with Gasteiger partial charge < -0.3 is 59.1 Å². The van der Waals surface area contributed by atoms with Crippen LogP contribution in [0.25, 0.3) is 22.3 Å². The van der Waals surface area contributed by atoms with E-state index in [2.05, 4.69) is 138 Å². The molecule has 1 spiro atoms. The molecule has 26 nitrogen and oxygen atoms in total. The maximum absolute atomic E-state index is 14.3. The van der Waals surface area contributed by atoms with Crippen molar-refractivity contribution in [2.75, 3.05) is 118 Å². The zero-order valence-electron chi connectivity index (χ0n) is 79.1. The number of rotatable bonds is 18. The highest BCUT2D eigenvalue weighted by Gasteiger charge is 2.47. The number of halogens is 13. The standard InChI is InChI=1S/C32H36F2N4O5.C27H28F2N4O4.C10H10BrNS2.C10H9F2NO.C9H7F2NO2.C8H6BrF2N.C8H6BrNO/c1-21-5-6-24(36-31(39)23-16-26-27(35-20-23)7-8-32(26,33)34)19-25(21)22-17-28(38-9-12-40-13-10-38)37-29(18-22)41-14-15-43-30-4-2-3-11-42-30;1-17-2-3-20(31-26(35)19-12-22-23(30-16-19)4-5-27(22,28)29)15-21(17)18-13-24(33-6-9-36-10-7-33)32-25(14-18)37-11-8-34;11-7-5-8-9(12-6-7)1-2-10(8)13-3-4-14-10;1-6(14)7-4-8-9(13-5-7)2-3-10(8,11)12;10-9(11)2-1-7-6(9)3-5(4-12-7)8(13)14;9-5-3-6-7(12-4-5)1-2-8(6,10)11;9-5-3-6-7(10-4-5)1-2-8(6)11/h5-6,16-20,30H,2-4,7-15H2,1H3,(H,36,39);2-3,12-16,34H,4-11H2,1H3,(H,31,35);5-6H,1-4H2;4-5H,2-3H2,1H3;3-4H,1-2H2,(H,13,14);3-4H,1-2H2;3-4H,1-2H2. The number of benzene rings is 2. The summed E-state index contributed by atoms with van der Waals surface area (Å²) in [5.74, 6) is -11.7. The number of anilines is 4. The Labute approximate surface area is 862 Å². The van der Waals surface area contributed by atoms with Crippen molar-refractivity contribution in [3.8, 4) is 34.0 Å². The number of alkyl halides is 10. The van der Waals surface area contributed by atoms with Gasteiger partial charge in [-0.05, 0) is 251 Å². The first-order valence-electron chi connectivity index (χ1n) is 47.4. The van der Waals surface area contributed by atoms with Crippen molar-refractivity contribution in [1.29, 1.82) is 0 Å². The van der Waals surface area contributed by atoms with Gasteiger partial charge in [-0.15, -0.1) is 23.5 Å². The Morgan fingerprint density at radius 1 is 0.441 bits per heavy atom. The second-order valence-electron chi connectivity index (χ2n) is 35.9. The summed E-state index contributed by atoms with van der Waals surface area (Å²) >= 11 is 14.1. The smallest absolute Gasteiger partial charge is 0.337 e. The van der Waals surface area contributed by atoms with Crippen LogP contribution >= 0.6 is 71.3 Å². The van der Waals surface area contributed by atoms with Crippen molar-refractivity contribution in [1.82, 2.24) is 44.9 Å². The molecule has 4 N–H and O–H groups in total. The molecule has 4 fully saturated rings. The highest BCUT2D eigenvalue weighted by molar-refractivity contribution is 9.11. The lowest BCUT2D eigenvalue weighted by Gasteiger charge is -2.28. The van der Waals surface area contributed by atoms with Crippen LogP contribution in [0, 0.1) is 13.8 Å². The predicted octanol–water partition coefficient (Wildman–Crippen LogP) is 21.9. The second-order valence-corrected chi connectivity index (χ2v) is 41.7. The number of ketones is 2. The third-order valence-corrected chi connectivity index (χ3v) is 30.8. The Hall–Kier alpha value is -11.0. The van der Waals surface area contributed by atoms with E-state index in [9.17, 15) is 73.0 Å². The number of aromatic carboxylic acids is 1. The van der Waals surface area contributed by atoms with Gasteiger partial charge in [0.05, 0.1) is 66.1 Å². The average Bonchev–Trinajstić information content (AvgIpc) is 1.59. The molecule has 11 aromatic rings. The fourth-order valence-corrected chi connectivity index (χ4v) is 22.5. The van der Waals surface area contributed by atoms with Gasteiger partial charge in [0.2, 0.25) is 11.8 Å². The molecule has 4 aliphatic heterocycles. The Balaban J connectivity index is 0.000000131. The maximum atomic E-state index is 14.3. The van der Waals surface area contributed by atoms with E-state index in [1.165, 1.54) is 79.0 Å². The van der Waals surface area contributed by atoms with E-state index in [-0.39, 0.29) is 133 Å². The molecule has 0 bridgehead atoms. The molecule has 9 aromatic heterocycles. The number of hydrogen-bond donors (Lipinski definition) is 4. The Morgan fingerprint density at radius 3 is 1.28 bits per heavy atom. The number of fused-ring (bicyclic) bond motifs is 8. The third-order valence-electron chi connectivity index (χ3n) is 25.9. The number of nitrogens with one attached hydrogen (secondary N) is 2. The van der Waals surface area contributed by atoms with Gasteiger partial charge in [-0.3, -0.25) is 54.1 Å². The molecule has 4 saturated heterocycles. The molecule has 764 valence electrons. The summed E-state index contributed by atoms with van der Waals surface area (Å²) in [7, 11) is 0. The number of thioether (sulfide) groups is 2. The summed E-state index contributed by atoms with van der Waals surface area (Å²) in [4.78, 5) is 101. The fraction of sp³-hybridized carbons (Fsp3) is 0.404. The fourth-order valence-electron chi connectivity index (χ4n) is 18.2. The summed E-state index contributed by atoms with van der Waals surface area (Å²) in [6, 6.07) is 29.0. The number of nitrogens with zero attached hydrogens (tertiary/aromatic N) is 11.